The van der Waals surface area contributed by atoms with Crippen molar-refractivity contribution in [1.29, 1.82) is 0 Å². The molecular formula is C28H35N3O9. The predicted octanol–water partition coefficient (Wildman–Crippen LogP) is 2.67. The van der Waals surface area contributed by atoms with Crippen molar-refractivity contribution in [3.63, 3.8) is 0 Å². The summed E-state index contributed by atoms with van der Waals surface area (Å²) >= 11 is 0. The first-order valence-electron chi connectivity index (χ1n) is 13.3. The van der Waals surface area contributed by atoms with Crippen molar-refractivity contribution in [2.45, 2.75) is 33.1 Å². The lowest BCUT2D eigenvalue weighted by Gasteiger charge is -2.34. The summed E-state index contributed by atoms with van der Waals surface area (Å²) in [5.74, 6) is -2.01. The minimum atomic E-state index is -1.22. The van der Waals surface area contributed by atoms with Gasteiger partial charge in [-0.3, -0.25) is 19.2 Å². The van der Waals surface area contributed by atoms with Crippen LogP contribution in [0.25, 0.3) is 10.8 Å². The van der Waals surface area contributed by atoms with E-state index in [2.05, 4.69) is 0 Å². The van der Waals surface area contributed by atoms with Crippen LogP contribution in [0.15, 0.2) is 36.4 Å². The fraction of sp³-hybridized carbons (Fsp3) is 0.464. The zero-order valence-electron chi connectivity index (χ0n) is 22.8. The fourth-order valence-electron chi connectivity index (χ4n) is 4.32. The first-order chi connectivity index (χ1) is 19.2. The highest BCUT2D eigenvalue weighted by atomic mass is 16.6. The number of carbonyl (C=O) groups is 5. The summed E-state index contributed by atoms with van der Waals surface area (Å²) in [6, 6.07) is 10.4. The van der Waals surface area contributed by atoms with Crippen LogP contribution in [0.5, 0.6) is 5.75 Å². The van der Waals surface area contributed by atoms with Gasteiger partial charge in [-0.1, -0.05) is 12.1 Å². The number of hydrogen-bond donors (Lipinski definition) is 1. The lowest BCUT2D eigenvalue weighted by atomic mass is 10.1. The minimum Gasteiger partial charge on any atom is -0.493 e. The number of hydrogen-bond acceptors (Lipinski definition) is 8. The molecule has 1 fully saturated rings. The largest absolute Gasteiger partial charge is 0.493 e. The predicted molar refractivity (Wildman–Crippen MR) is 145 cm³/mol. The Kier molecular flexibility index (Phi) is 11.1. The van der Waals surface area contributed by atoms with E-state index in [0.717, 1.165) is 10.3 Å². The number of carbonyl (C=O) groups excluding carboxylic acids is 4. The highest BCUT2D eigenvalue weighted by Gasteiger charge is 2.28. The fourth-order valence-corrected chi connectivity index (χ4v) is 4.32. The Labute approximate surface area is 232 Å². The highest BCUT2D eigenvalue weighted by Crippen LogP contribution is 2.30. The number of nitrogens with zero attached hydrogens (tertiary/aromatic N) is 3. The normalized spacial score (nSPS) is 13.1. The zero-order chi connectivity index (χ0) is 29.1. The molecule has 40 heavy (non-hydrogen) atoms. The molecule has 3 rings (SSSR count). The molecule has 1 aliphatic heterocycles. The summed E-state index contributed by atoms with van der Waals surface area (Å²) in [5.41, 5.74) is 0.333. The minimum absolute atomic E-state index is 0.245. The van der Waals surface area contributed by atoms with E-state index in [0.29, 0.717) is 36.5 Å². The van der Waals surface area contributed by atoms with Gasteiger partial charge in [0, 0.05) is 43.7 Å². The number of aliphatic carboxylic acids is 1. The molecule has 1 saturated heterocycles. The first kappa shape index (κ1) is 30.2. The van der Waals surface area contributed by atoms with Crippen molar-refractivity contribution in [1.82, 2.24) is 9.80 Å². The molecule has 2 aromatic carbocycles. The van der Waals surface area contributed by atoms with E-state index in [9.17, 15) is 29.1 Å². The number of ether oxygens (including phenoxy) is 3. The van der Waals surface area contributed by atoms with Crippen molar-refractivity contribution in [2.24, 2.45) is 0 Å². The van der Waals surface area contributed by atoms with Crippen molar-refractivity contribution in [2.75, 3.05) is 57.4 Å². The first-order valence-corrected chi connectivity index (χ1v) is 13.3. The molecule has 3 amide bonds. The van der Waals surface area contributed by atoms with Crippen LogP contribution in [0.3, 0.4) is 0 Å². The summed E-state index contributed by atoms with van der Waals surface area (Å²) in [7, 11) is 0. The Morgan fingerprint density at radius 1 is 0.925 bits per heavy atom. The van der Waals surface area contributed by atoms with Gasteiger partial charge in [-0.15, -0.1) is 0 Å². The van der Waals surface area contributed by atoms with Crippen LogP contribution in [-0.2, 0) is 28.7 Å². The molecular weight excluding hydrogens is 522 g/mol. The van der Waals surface area contributed by atoms with Gasteiger partial charge in [0.25, 0.3) is 0 Å². The molecule has 0 bridgehead atoms. The van der Waals surface area contributed by atoms with Gasteiger partial charge in [0.05, 0.1) is 19.8 Å². The second kappa shape index (κ2) is 14.7. The van der Waals surface area contributed by atoms with Crippen molar-refractivity contribution in [3.8, 4) is 5.75 Å². The van der Waals surface area contributed by atoms with Gasteiger partial charge < -0.3 is 34.0 Å². The number of esters is 1. The van der Waals surface area contributed by atoms with Crippen LogP contribution in [0.4, 0.5) is 10.5 Å². The lowest BCUT2D eigenvalue weighted by molar-refractivity contribution is -0.143. The average molecular weight is 558 g/mol. The number of fused-ring (bicyclic) bond motifs is 1. The summed E-state index contributed by atoms with van der Waals surface area (Å²) < 4.78 is 15.7. The van der Waals surface area contributed by atoms with Gasteiger partial charge in [-0.05, 0) is 49.9 Å². The van der Waals surface area contributed by atoms with Gasteiger partial charge in [0.1, 0.15) is 18.7 Å². The Balaban J connectivity index is 1.66. The van der Waals surface area contributed by atoms with Crippen LogP contribution < -0.4 is 9.64 Å². The molecule has 1 N–H and O–H groups in total. The number of benzene rings is 2. The number of carboxylic acids is 1. The summed E-state index contributed by atoms with van der Waals surface area (Å²) in [5, 5.41) is 10.9. The maximum Gasteiger partial charge on any atom is 0.409 e. The highest BCUT2D eigenvalue weighted by molar-refractivity contribution is 6.07. The number of rotatable bonds is 12. The standard InChI is InChI=1S/C28H35N3O9/c1-3-38-27(36)9-6-16-40-23-8-5-7-20-17-21(10-11-22(20)23)31(19-26(34)35)25(33)18-24(32)29-12-14-30(15-13-29)28(37)39-4-2/h5,7-8,10-11,17H,3-4,6,9,12-16,18-19H2,1-2H3,(H,34,35). The summed E-state index contributed by atoms with van der Waals surface area (Å²) in [4.78, 5) is 65.0. The molecule has 216 valence electrons. The van der Waals surface area contributed by atoms with Crippen molar-refractivity contribution >= 4 is 46.3 Å². The Hall–Kier alpha value is -4.35. The van der Waals surface area contributed by atoms with E-state index in [1.807, 2.05) is 6.07 Å². The number of anilines is 1. The number of piperazine rings is 1. The molecule has 0 spiro atoms. The third kappa shape index (κ3) is 8.32. The van der Waals surface area contributed by atoms with Gasteiger partial charge in [0.15, 0.2) is 0 Å². The molecule has 0 atom stereocenters. The zero-order valence-corrected chi connectivity index (χ0v) is 22.8. The van der Waals surface area contributed by atoms with Crippen LogP contribution >= 0.6 is 0 Å². The van der Waals surface area contributed by atoms with E-state index in [4.69, 9.17) is 14.2 Å². The van der Waals surface area contributed by atoms with E-state index in [1.54, 1.807) is 44.2 Å². The van der Waals surface area contributed by atoms with Crippen LogP contribution in [0.2, 0.25) is 0 Å². The van der Waals surface area contributed by atoms with E-state index in [-0.39, 0.29) is 45.2 Å². The third-order valence-corrected chi connectivity index (χ3v) is 6.28. The second-order valence-corrected chi connectivity index (χ2v) is 9.04. The topological polar surface area (TPSA) is 143 Å². The summed E-state index contributed by atoms with van der Waals surface area (Å²) in [6.07, 6.45) is -0.219. The third-order valence-electron chi connectivity index (χ3n) is 6.28. The van der Waals surface area contributed by atoms with E-state index >= 15 is 0 Å². The average Bonchev–Trinajstić information content (AvgIpc) is 2.94. The molecule has 1 heterocycles. The summed E-state index contributed by atoms with van der Waals surface area (Å²) in [6.45, 7) is 4.82. The SMILES string of the molecule is CCOC(=O)CCCOc1cccc2cc(N(CC(=O)O)C(=O)CC(=O)N3CCN(C(=O)OCC)CC3)ccc12. The maximum atomic E-state index is 13.1. The molecule has 0 unspecified atom stereocenters. The molecule has 0 radical (unpaired) electrons. The van der Waals surface area contributed by atoms with E-state index in [1.165, 1.54) is 9.80 Å². The van der Waals surface area contributed by atoms with Crippen molar-refractivity contribution in [3.05, 3.63) is 36.4 Å². The second-order valence-electron chi connectivity index (χ2n) is 9.04. The Bertz CT molecular complexity index is 1220. The number of carboxylic acid groups (broad SMARTS) is 1. The van der Waals surface area contributed by atoms with Crippen LogP contribution in [0.1, 0.15) is 33.1 Å². The van der Waals surface area contributed by atoms with Gasteiger partial charge in [0.2, 0.25) is 11.8 Å². The van der Waals surface area contributed by atoms with Crippen LogP contribution in [0, 0.1) is 0 Å². The Morgan fingerprint density at radius 3 is 2.30 bits per heavy atom. The van der Waals surface area contributed by atoms with Gasteiger partial charge in [-0.2, -0.15) is 0 Å². The van der Waals surface area contributed by atoms with Gasteiger partial charge >= 0.3 is 18.0 Å². The Morgan fingerprint density at radius 2 is 1.62 bits per heavy atom. The van der Waals surface area contributed by atoms with E-state index < -0.39 is 36.8 Å². The monoisotopic (exact) mass is 557 g/mol. The molecule has 1 aliphatic rings. The van der Waals surface area contributed by atoms with Gasteiger partial charge in [-0.25, -0.2) is 4.79 Å². The molecule has 12 nitrogen and oxygen atoms in total. The smallest absolute Gasteiger partial charge is 0.409 e. The van der Waals surface area contributed by atoms with Crippen molar-refractivity contribution < 1.29 is 43.3 Å². The number of amides is 3. The molecule has 2 aromatic rings. The maximum absolute atomic E-state index is 13.1. The molecule has 12 heteroatoms. The molecule has 0 aliphatic carbocycles. The quantitative estimate of drug-likeness (QED) is 0.237. The molecule has 0 aromatic heterocycles. The molecule has 0 saturated carbocycles. The van der Waals surface area contributed by atoms with Crippen LogP contribution in [-0.4, -0.2) is 97.3 Å². The lowest BCUT2D eigenvalue weighted by Crippen LogP contribution is -2.51.